The number of hydrogen-bond donors (Lipinski definition) is 0. The number of tetrazole rings is 1. The van der Waals surface area contributed by atoms with Crippen LogP contribution in [0.5, 0.6) is 0 Å². The first-order valence-corrected chi connectivity index (χ1v) is 19.8. The summed E-state index contributed by atoms with van der Waals surface area (Å²) in [6, 6.07) is 40.8. The number of aromatic nitrogens is 6. The standard InChI is InChI=1S/C45H38BrClN6O3/c1-3-5-25-38-48-42(47)41(44(54)56-4-2)52(38)28-36-33-26-27-55-29-37(33)40(46)39(36)34-23-15-16-24-35(34)43-49-51-53(50-43)45(30-17-9-6-10-18-30,31-19-11-7-12-20-31)32-21-13-8-14-22-32/h6-24,26-27,29H,3-5,25,28H2,1-2H3. The molecule has 2 aliphatic rings. The molecule has 9 nitrogen and oxygen atoms in total. The third kappa shape index (κ3) is 6.52. The van der Waals surface area contributed by atoms with Crippen molar-refractivity contribution in [1.29, 1.82) is 0 Å². The van der Waals surface area contributed by atoms with Gasteiger partial charge >= 0.3 is 5.97 Å². The zero-order chi connectivity index (χ0) is 38.6. The second-order valence-corrected chi connectivity index (χ2v) is 14.5. The number of unbranched alkanes of at least 4 members (excludes halogenated alkanes) is 1. The molecule has 1 aliphatic heterocycles. The van der Waals surface area contributed by atoms with E-state index in [1.807, 2.05) is 83.4 Å². The molecule has 8 rings (SSSR count). The number of nitrogens with zero attached hydrogens (tertiary/aromatic N) is 6. The molecule has 1 aliphatic carbocycles. The normalized spacial score (nSPS) is 11.6. The summed E-state index contributed by atoms with van der Waals surface area (Å²) in [6.45, 7) is 4.40. The van der Waals surface area contributed by atoms with Crippen LogP contribution in [0.15, 0.2) is 143 Å². The van der Waals surface area contributed by atoms with Crippen molar-refractivity contribution in [2.75, 3.05) is 6.61 Å². The summed E-state index contributed by atoms with van der Waals surface area (Å²) in [5.74, 6) is 0.648. The lowest BCUT2D eigenvalue weighted by Gasteiger charge is -2.34. The summed E-state index contributed by atoms with van der Waals surface area (Å²) in [6.07, 6.45) is 5.87. The molecule has 0 unspecified atom stereocenters. The van der Waals surface area contributed by atoms with Gasteiger partial charge in [0.05, 0.1) is 25.7 Å². The van der Waals surface area contributed by atoms with Gasteiger partial charge in [0, 0.05) is 27.6 Å². The Balaban J connectivity index is 1.33. The monoisotopic (exact) mass is 824 g/mol. The third-order valence-electron chi connectivity index (χ3n) is 10.1. The van der Waals surface area contributed by atoms with Gasteiger partial charge in [0.1, 0.15) is 5.82 Å². The first-order chi connectivity index (χ1) is 27.5. The number of aryl methyl sites for hydroxylation is 1. The maximum atomic E-state index is 13.4. The van der Waals surface area contributed by atoms with Crippen LogP contribution in [0.3, 0.4) is 0 Å². The van der Waals surface area contributed by atoms with Crippen molar-refractivity contribution in [3.8, 4) is 33.6 Å². The summed E-state index contributed by atoms with van der Waals surface area (Å²) in [7, 11) is 0. The third-order valence-corrected chi connectivity index (χ3v) is 11.2. The van der Waals surface area contributed by atoms with Crippen molar-refractivity contribution in [1.82, 2.24) is 29.8 Å². The first-order valence-electron chi connectivity index (χ1n) is 18.6. The van der Waals surface area contributed by atoms with Gasteiger partial charge in [0.2, 0.25) is 5.82 Å². The molecule has 56 heavy (non-hydrogen) atoms. The number of carbonyl (C=O) groups is 1. The molecule has 0 N–H and O–H groups in total. The maximum absolute atomic E-state index is 13.4. The number of hydrogen-bond acceptors (Lipinski definition) is 7. The smallest absolute Gasteiger partial charge is 0.358 e. The van der Waals surface area contributed by atoms with E-state index in [9.17, 15) is 4.79 Å². The molecular formula is C45H38BrClN6O3. The molecule has 0 radical (unpaired) electrons. The molecule has 3 heterocycles. The van der Waals surface area contributed by atoms with Crippen molar-refractivity contribution >= 4 is 33.5 Å². The molecule has 0 saturated carbocycles. The van der Waals surface area contributed by atoms with Crippen molar-refractivity contribution < 1.29 is 13.9 Å². The van der Waals surface area contributed by atoms with E-state index >= 15 is 0 Å². The zero-order valence-corrected chi connectivity index (χ0v) is 33.2. The van der Waals surface area contributed by atoms with Gasteiger partial charge in [-0.25, -0.2) is 9.78 Å². The number of rotatable bonds is 13. The number of imidazole rings is 1. The lowest BCUT2D eigenvalue weighted by Crippen LogP contribution is -2.39. The Morgan fingerprint density at radius 1 is 0.804 bits per heavy atom. The SMILES string of the molecule is CCCCc1nc(Cl)c(C(=O)OCC)n1Cc1c2ccocc-2c(Br)c1-c1ccccc1-c1nnn(C(c2ccccc2)(c2ccccc2)c2ccccc2)n1. The Labute approximate surface area is 338 Å². The highest BCUT2D eigenvalue weighted by Crippen LogP contribution is 2.49. The van der Waals surface area contributed by atoms with E-state index in [-0.39, 0.29) is 17.5 Å². The van der Waals surface area contributed by atoms with Gasteiger partial charge in [-0.1, -0.05) is 140 Å². The Morgan fingerprint density at radius 3 is 2.02 bits per heavy atom. The first kappa shape index (κ1) is 37.1. The Kier molecular flexibility index (Phi) is 10.7. The van der Waals surface area contributed by atoms with Crippen molar-refractivity contribution in [3.63, 3.8) is 0 Å². The van der Waals surface area contributed by atoms with Crippen molar-refractivity contribution in [2.24, 2.45) is 0 Å². The average molecular weight is 826 g/mol. The molecular weight excluding hydrogens is 788 g/mol. The maximum Gasteiger partial charge on any atom is 0.358 e. The van der Waals surface area contributed by atoms with Crippen LogP contribution in [0.25, 0.3) is 33.6 Å². The topological polar surface area (TPSA) is 101 Å². The minimum atomic E-state index is -0.939. The highest BCUT2D eigenvalue weighted by atomic mass is 79.9. The number of esters is 1. The fraction of sp³-hybridized carbons (Fsp3) is 0.178. The fourth-order valence-electron chi connectivity index (χ4n) is 7.61. The van der Waals surface area contributed by atoms with Gasteiger partial charge in [-0.15, -0.1) is 15.0 Å². The molecule has 0 fully saturated rings. The summed E-state index contributed by atoms with van der Waals surface area (Å²) >= 11 is 10.7. The van der Waals surface area contributed by atoms with Gasteiger partial charge in [0.25, 0.3) is 0 Å². The molecule has 0 atom stereocenters. The van der Waals surface area contributed by atoms with Gasteiger partial charge in [-0.2, -0.15) is 0 Å². The Bertz CT molecular complexity index is 2470. The van der Waals surface area contributed by atoms with E-state index in [4.69, 9.17) is 36.2 Å². The lowest BCUT2D eigenvalue weighted by atomic mass is 9.77. The highest BCUT2D eigenvalue weighted by molar-refractivity contribution is 9.10. The zero-order valence-electron chi connectivity index (χ0n) is 30.9. The predicted molar refractivity (Wildman–Crippen MR) is 221 cm³/mol. The Morgan fingerprint density at radius 2 is 1.41 bits per heavy atom. The van der Waals surface area contributed by atoms with Gasteiger partial charge in [0.15, 0.2) is 16.4 Å². The molecule has 6 aromatic rings. The van der Waals surface area contributed by atoms with Crippen LogP contribution in [0.2, 0.25) is 5.15 Å². The number of ether oxygens (including phenoxy) is 1. The van der Waals surface area contributed by atoms with Crippen LogP contribution >= 0.6 is 27.5 Å². The molecule has 4 aromatic carbocycles. The molecule has 0 bridgehead atoms. The second-order valence-electron chi connectivity index (χ2n) is 13.4. The lowest BCUT2D eigenvalue weighted by molar-refractivity contribution is 0.0514. The Hall–Kier alpha value is -5.84. The van der Waals surface area contributed by atoms with Crippen LogP contribution in [0.1, 0.15) is 65.3 Å². The molecule has 0 amide bonds. The molecule has 0 saturated heterocycles. The van der Waals surface area contributed by atoms with E-state index in [1.54, 1.807) is 24.2 Å². The van der Waals surface area contributed by atoms with Crippen LogP contribution in [0.4, 0.5) is 0 Å². The van der Waals surface area contributed by atoms with E-state index in [0.717, 1.165) is 67.4 Å². The number of carbonyl (C=O) groups excluding carboxylic acids is 1. The van der Waals surface area contributed by atoms with Gasteiger partial charge < -0.3 is 13.7 Å². The number of benzene rings is 4. The predicted octanol–water partition coefficient (Wildman–Crippen LogP) is 10.7. The number of halogens is 2. The number of fused-ring (bicyclic) bond motifs is 1. The average Bonchev–Trinajstić information content (AvgIpc) is 3.93. The molecule has 2 aromatic heterocycles. The van der Waals surface area contributed by atoms with Crippen molar-refractivity contribution in [3.05, 3.63) is 177 Å². The minimum absolute atomic E-state index is 0.126. The summed E-state index contributed by atoms with van der Waals surface area (Å²) in [4.78, 5) is 19.8. The summed E-state index contributed by atoms with van der Waals surface area (Å²) < 4.78 is 13.9. The highest BCUT2D eigenvalue weighted by Gasteiger charge is 2.41. The molecule has 11 heteroatoms. The quantitative estimate of drug-likeness (QED) is 0.0843. The van der Waals surface area contributed by atoms with Crippen LogP contribution in [-0.4, -0.2) is 42.3 Å². The summed E-state index contributed by atoms with van der Waals surface area (Å²) in [5.41, 5.74) is 7.55. The van der Waals surface area contributed by atoms with E-state index in [0.29, 0.717) is 24.6 Å². The minimum Gasteiger partial charge on any atom is -0.472 e. The van der Waals surface area contributed by atoms with Crippen molar-refractivity contribution in [2.45, 2.75) is 45.2 Å². The van der Waals surface area contributed by atoms with E-state index < -0.39 is 11.5 Å². The fourth-order valence-corrected chi connectivity index (χ4v) is 8.64. The van der Waals surface area contributed by atoms with Crippen LogP contribution in [0, 0.1) is 0 Å². The van der Waals surface area contributed by atoms with E-state index in [2.05, 4.69) is 70.3 Å². The van der Waals surface area contributed by atoms with E-state index in [1.165, 1.54) is 0 Å². The summed E-state index contributed by atoms with van der Waals surface area (Å²) in [5, 5.41) is 15.0. The largest absolute Gasteiger partial charge is 0.472 e. The molecule has 280 valence electrons. The van der Waals surface area contributed by atoms with Crippen LogP contribution < -0.4 is 0 Å². The second kappa shape index (κ2) is 16.1. The molecule has 0 spiro atoms. The van der Waals surface area contributed by atoms with Gasteiger partial charge in [-0.05, 0) is 73.9 Å². The van der Waals surface area contributed by atoms with Crippen LogP contribution in [-0.2, 0) is 23.2 Å². The van der Waals surface area contributed by atoms with Gasteiger partial charge in [-0.3, -0.25) is 0 Å².